The zero-order valence-corrected chi connectivity index (χ0v) is 18.8. The quantitative estimate of drug-likeness (QED) is 0.743. The summed E-state index contributed by atoms with van der Waals surface area (Å²) in [4.78, 5) is 32.4. The minimum absolute atomic E-state index is 0.0304. The van der Waals surface area contributed by atoms with Crippen LogP contribution in [0, 0.1) is 0 Å². The summed E-state index contributed by atoms with van der Waals surface area (Å²) in [5, 5.41) is 0. The Kier molecular flexibility index (Phi) is 5.87. The number of carbonyl (C=O) groups excluding carboxylic acids is 2. The fraction of sp³-hybridized carbons (Fsp3) is 0.462. The Labute approximate surface area is 189 Å². The highest BCUT2D eigenvalue weighted by atomic mass is 16.5. The van der Waals surface area contributed by atoms with Gasteiger partial charge in [-0.15, -0.1) is 0 Å². The molecule has 0 unspecified atom stereocenters. The van der Waals surface area contributed by atoms with Crippen molar-refractivity contribution in [2.75, 3.05) is 39.8 Å². The second-order valence-corrected chi connectivity index (χ2v) is 9.10. The van der Waals surface area contributed by atoms with Crippen LogP contribution in [0.5, 0.6) is 5.75 Å². The molecule has 2 aliphatic heterocycles. The van der Waals surface area contributed by atoms with Crippen LogP contribution in [0.2, 0.25) is 0 Å². The predicted octanol–water partition coefficient (Wildman–Crippen LogP) is 3.20. The number of hydrogen-bond acceptors (Lipinski definition) is 4. The number of amides is 2. The molecule has 32 heavy (non-hydrogen) atoms. The maximum atomic E-state index is 13.1. The standard InChI is InChI=1S/C26H31N3O3/c1-32-24-9-7-19(8-10-24)25(30)29-12-11-20-17-21(5-6-22(20)18-29)26(31)28-15-13-27(14-16-28)23-3-2-4-23/h5-10,17,23H,2-4,11-16,18H2,1H3. The lowest BCUT2D eigenvalue weighted by Gasteiger charge is -2.43. The number of nitrogens with zero attached hydrogens (tertiary/aromatic N) is 3. The van der Waals surface area contributed by atoms with Gasteiger partial charge in [0, 0.05) is 56.4 Å². The lowest BCUT2D eigenvalue weighted by molar-refractivity contribution is 0.0455. The number of piperazine rings is 1. The van der Waals surface area contributed by atoms with Crippen LogP contribution >= 0.6 is 0 Å². The van der Waals surface area contributed by atoms with Crippen molar-refractivity contribution in [3.05, 3.63) is 64.7 Å². The average molecular weight is 434 g/mol. The molecular weight excluding hydrogens is 402 g/mol. The van der Waals surface area contributed by atoms with E-state index in [1.54, 1.807) is 7.11 Å². The minimum atomic E-state index is 0.0304. The molecule has 3 aliphatic rings. The van der Waals surface area contributed by atoms with Crippen molar-refractivity contribution < 1.29 is 14.3 Å². The molecule has 2 amide bonds. The molecule has 2 aromatic rings. The van der Waals surface area contributed by atoms with Gasteiger partial charge in [-0.05, 0) is 66.8 Å². The molecule has 168 valence electrons. The van der Waals surface area contributed by atoms with Gasteiger partial charge < -0.3 is 14.5 Å². The molecule has 0 bridgehead atoms. The van der Waals surface area contributed by atoms with Crippen molar-refractivity contribution in [2.24, 2.45) is 0 Å². The number of rotatable bonds is 4. The summed E-state index contributed by atoms with van der Waals surface area (Å²) in [6.45, 7) is 4.85. The SMILES string of the molecule is COc1ccc(C(=O)N2CCc3cc(C(=O)N4CCN(C5CCC5)CC4)ccc3C2)cc1. The van der Waals surface area contributed by atoms with E-state index in [9.17, 15) is 9.59 Å². The van der Waals surface area contributed by atoms with E-state index in [1.165, 1.54) is 24.8 Å². The van der Waals surface area contributed by atoms with Crippen LogP contribution in [0.15, 0.2) is 42.5 Å². The lowest BCUT2D eigenvalue weighted by atomic mass is 9.91. The fourth-order valence-corrected chi connectivity index (χ4v) is 5.00. The molecule has 2 aromatic carbocycles. The highest BCUT2D eigenvalue weighted by Gasteiger charge is 2.30. The van der Waals surface area contributed by atoms with Crippen molar-refractivity contribution in [1.82, 2.24) is 14.7 Å². The average Bonchev–Trinajstić information content (AvgIpc) is 2.82. The maximum absolute atomic E-state index is 13.1. The van der Waals surface area contributed by atoms with E-state index < -0.39 is 0 Å². The topological polar surface area (TPSA) is 53.1 Å². The van der Waals surface area contributed by atoms with Crippen LogP contribution in [0.1, 0.15) is 51.1 Å². The molecule has 6 heteroatoms. The number of carbonyl (C=O) groups is 2. The molecule has 6 nitrogen and oxygen atoms in total. The van der Waals surface area contributed by atoms with Crippen molar-refractivity contribution in [3.8, 4) is 5.75 Å². The Morgan fingerprint density at radius 3 is 2.16 bits per heavy atom. The first-order valence-corrected chi connectivity index (χ1v) is 11.7. The molecule has 0 N–H and O–H groups in total. The monoisotopic (exact) mass is 433 g/mol. The van der Waals surface area contributed by atoms with Gasteiger partial charge in [0.15, 0.2) is 0 Å². The highest BCUT2D eigenvalue weighted by molar-refractivity contribution is 5.95. The molecule has 2 fully saturated rings. The van der Waals surface area contributed by atoms with E-state index in [0.717, 1.165) is 55.5 Å². The number of ether oxygens (including phenoxy) is 1. The second kappa shape index (κ2) is 8.94. The number of benzene rings is 2. The van der Waals surface area contributed by atoms with Crippen molar-refractivity contribution in [2.45, 2.75) is 38.3 Å². The van der Waals surface area contributed by atoms with Gasteiger partial charge in [0.25, 0.3) is 11.8 Å². The Hall–Kier alpha value is -2.86. The first-order valence-electron chi connectivity index (χ1n) is 11.7. The van der Waals surface area contributed by atoms with Gasteiger partial charge >= 0.3 is 0 Å². The lowest BCUT2D eigenvalue weighted by Crippen LogP contribution is -2.53. The van der Waals surface area contributed by atoms with E-state index in [-0.39, 0.29) is 11.8 Å². The van der Waals surface area contributed by atoms with Crippen LogP contribution in [0.3, 0.4) is 0 Å². The van der Waals surface area contributed by atoms with Gasteiger partial charge in [0.05, 0.1) is 7.11 Å². The zero-order chi connectivity index (χ0) is 22.1. The van der Waals surface area contributed by atoms with Gasteiger partial charge in [-0.3, -0.25) is 14.5 Å². The molecule has 0 radical (unpaired) electrons. The van der Waals surface area contributed by atoms with Crippen molar-refractivity contribution in [1.29, 1.82) is 0 Å². The number of methoxy groups -OCH3 is 1. The third kappa shape index (κ3) is 4.11. The summed E-state index contributed by atoms with van der Waals surface area (Å²) in [6, 6.07) is 14.0. The molecule has 2 heterocycles. The molecular formula is C26H31N3O3. The van der Waals surface area contributed by atoms with Gasteiger partial charge in [0.1, 0.15) is 5.75 Å². The first kappa shape index (κ1) is 21.0. The fourth-order valence-electron chi connectivity index (χ4n) is 5.00. The van der Waals surface area contributed by atoms with E-state index in [0.29, 0.717) is 18.7 Å². The molecule has 0 aromatic heterocycles. The Bertz CT molecular complexity index is 992. The Morgan fingerprint density at radius 2 is 1.50 bits per heavy atom. The third-order valence-electron chi connectivity index (χ3n) is 7.28. The molecule has 5 rings (SSSR count). The molecule has 1 aliphatic carbocycles. The molecule has 0 atom stereocenters. The van der Waals surface area contributed by atoms with E-state index in [1.807, 2.05) is 52.3 Å². The molecule has 1 saturated carbocycles. The number of hydrogen-bond donors (Lipinski definition) is 0. The van der Waals surface area contributed by atoms with Crippen LogP contribution in [-0.2, 0) is 13.0 Å². The van der Waals surface area contributed by atoms with E-state index in [4.69, 9.17) is 4.74 Å². The van der Waals surface area contributed by atoms with E-state index in [2.05, 4.69) is 4.90 Å². The van der Waals surface area contributed by atoms with Gasteiger partial charge in [0.2, 0.25) is 0 Å². The highest BCUT2D eigenvalue weighted by Crippen LogP contribution is 2.27. The summed E-state index contributed by atoms with van der Waals surface area (Å²) < 4.78 is 5.18. The molecule has 1 saturated heterocycles. The normalized spacial score (nSPS) is 19.3. The zero-order valence-electron chi connectivity index (χ0n) is 18.8. The van der Waals surface area contributed by atoms with Gasteiger partial charge in [-0.1, -0.05) is 12.5 Å². The third-order valence-corrected chi connectivity index (χ3v) is 7.28. The van der Waals surface area contributed by atoms with Crippen molar-refractivity contribution >= 4 is 11.8 Å². The second-order valence-electron chi connectivity index (χ2n) is 9.10. The smallest absolute Gasteiger partial charge is 0.254 e. The molecule has 0 spiro atoms. The maximum Gasteiger partial charge on any atom is 0.254 e. The van der Waals surface area contributed by atoms with Gasteiger partial charge in [-0.2, -0.15) is 0 Å². The summed E-state index contributed by atoms with van der Waals surface area (Å²) in [6.07, 6.45) is 4.75. The summed E-state index contributed by atoms with van der Waals surface area (Å²) in [5.74, 6) is 0.910. The Morgan fingerprint density at radius 1 is 0.812 bits per heavy atom. The van der Waals surface area contributed by atoms with Crippen LogP contribution < -0.4 is 4.74 Å². The van der Waals surface area contributed by atoms with Crippen molar-refractivity contribution in [3.63, 3.8) is 0 Å². The largest absolute Gasteiger partial charge is 0.497 e. The van der Waals surface area contributed by atoms with Gasteiger partial charge in [-0.25, -0.2) is 0 Å². The minimum Gasteiger partial charge on any atom is -0.497 e. The van der Waals surface area contributed by atoms with Crippen LogP contribution in [0.25, 0.3) is 0 Å². The van der Waals surface area contributed by atoms with Crippen LogP contribution in [0.4, 0.5) is 0 Å². The van der Waals surface area contributed by atoms with Crippen LogP contribution in [-0.4, -0.2) is 72.4 Å². The summed E-state index contributed by atoms with van der Waals surface area (Å²) in [7, 11) is 1.62. The van der Waals surface area contributed by atoms with E-state index >= 15 is 0 Å². The Balaban J connectivity index is 1.22. The summed E-state index contributed by atoms with van der Waals surface area (Å²) >= 11 is 0. The number of fused-ring (bicyclic) bond motifs is 1. The predicted molar refractivity (Wildman–Crippen MR) is 123 cm³/mol. The summed E-state index contributed by atoms with van der Waals surface area (Å²) in [5.41, 5.74) is 3.75. The first-order chi connectivity index (χ1) is 15.6.